The van der Waals surface area contributed by atoms with E-state index in [0.717, 1.165) is 60.1 Å². The number of rotatable bonds is 7. The van der Waals surface area contributed by atoms with Crippen LogP contribution in [0, 0.1) is 0 Å². The molecule has 1 fully saturated rings. The summed E-state index contributed by atoms with van der Waals surface area (Å²) in [7, 11) is 0. The molecular formula is C28H28N6O2. The lowest BCUT2D eigenvalue weighted by molar-refractivity contribution is -0.117. The lowest BCUT2D eigenvalue weighted by atomic mass is 10.0. The lowest BCUT2D eigenvalue weighted by Crippen LogP contribution is -2.45. The SMILES string of the molecule is O=C(Cc1ccc(C2=CN3C(N4CCOCC4)=CC=CC3N2)cc1)Cc1cc(-c2ccncc2)n[nH]1. The smallest absolute Gasteiger partial charge is 0.143 e. The van der Waals surface area contributed by atoms with Crippen LogP contribution in [0.1, 0.15) is 16.8 Å². The third-order valence-corrected chi connectivity index (χ3v) is 6.67. The van der Waals surface area contributed by atoms with Gasteiger partial charge in [-0.25, -0.2) is 0 Å². The van der Waals surface area contributed by atoms with Gasteiger partial charge >= 0.3 is 0 Å². The minimum atomic E-state index is 0.107. The van der Waals surface area contributed by atoms with Crippen LogP contribution in [0.4, 0.5) is 0 Å². The van der Waals surface area contributed by atoms with Crippen molar-refractivity contribution in [2.24, 2.45) is 0 Å². The zero-order valence-corrected chi connectivity index (χ0v) is 19.9. The fourth-order valence-corrected chi connectivity index (χ4v) is 4.81. The largest absolute Gasteiger partial charge is 0.378 e. The van der Waals surface area contributed by atoms with Gasteiger partial charge in [-0.3, -0.25) is 14.9 Å². The number of Topliss-reactive ketones (excluding diaryl/α,β-unsaturated/α-hetero) is 1. The van der Waals surface area contributed by atoms with E-state index >= 15 is 0 Å². The first-order valence-electron chi connectivity index (χ1n) is 12.3. The van der Waals surface area contributed by atoms with E-state index in [0.29, 0.717) is 12.8 Å². The van der Waals surface area contributed by atoms with Gasteiger partial charge in [0.15, 0.2) is 0 Å². The molecule has 3 aromatic rings. The minimum Gasteiger partial charge on any atom is -0.378 e. The Morgan fingerprint density at radius 1 is 1.03 bits per heavy atom. The van der Waals surface area contributed by atoms with Crippen LogP contribution in [-0.4, -0.2) is 63.2 Å². The highest BCUT2D eigenvalue weighted by molar-refractivity contribution is 5.83. The Labute approximate surface area is 210 Å². The van der Waals surface area contributed by atoms with E-state index in [1.165, 1.54) is 5.82 Å². The van der Waals surface area contributed by atoms with Crippen molar-refractivity contribution in [3.63, 3.8) is 0 Å². The normalized spacial score (nSPS) is 18.9. The summed E-state index contributed by atoms with van der Waals surface area (Å²) in [5.41, 5.74) is 5.79. The first-order chi connectivity index (χ1) is 17.7. The molecule has 0 amide bonds. The molecule has 3 aliphatic heterocycles. The van der Waals surface area contributed by atoms with Crippen LogP contribution in [0.15, 0.2) is 85.1 Å². The van der Waals surface area contributed by atoms with E-state index in [1.54, 1.807) is 12.4 Å². The molecule has 6 rings (SSSR count). The van der Waals surface area contributed by atoms with E-state index in [1.807, 2.05) is 30.3 Å². The van der Waals surface area contributed by atoms with Crippen LogP contribution >= 0.6 is 0 Å². The fourth-order valence-electron chi connectivity index (χ4n) is 4.81. The Bertz CT molecular complexity index is 1320. The molecule has 2 aromatic heterocycles. The van der Waals surface area contributed by atoms with Crippen LogP contribution < -0.4 is 5.32 Å². The maximum atomic E-state index is 12.7. The number of carbonyl (C=O) groups is 1. The molecule has 0 aliphatic carbocycles. The molecule has 8 nitrogen and oxygen atoms in total. The zero-order chi connectivity index (χ0) is 24.3. The monoisotopic (exact) mass is 480 g/mol. The Hall–Kier alpha value is -4.17. The number of benzene rings is 1. The first kappa shape index (κ1) is 22.3. The van der Waals surface area contributed by atoms with E-state index in [9.17, 15) is 4.79 Å². The summed E-state index contributed by atoms with van der Waals surface area (Å²) >= 11 is 0. The van der Waals surface area contributed by atoms with Crippen molar-refractivity contribution in [2.75, 3.05) is 26.3 Å². The number of fused-ring (bicyclic) bond motifs is 1. The quantitative estimate of drug-likeness (QED) is 0.537. The number of hydrogen-bond donors (Lipinski definition) is 2. The number of ether oxygens (including phenoxy) is 1. The number of H-pyrrole nitrogens is 1. The number of carbonyl (C=O) groups excluding carboxylic acids is 1. The molecule has 3 aliphatic rings. The van der Waals surface area contributed by atoms with Crippen LogP contribution in [0.2, 0.25) is 0 Å². The Morgan fingerprint density at radius 2 is 1.83 bits per heavy atom. The van der Waals surface area contributed by atoms with Gasteiger partial charge in [0.05, 0.1) is 24.6 Å². The molecular weight excluding hydrogens is 452 g/mol. The number of pyridine rings is 1. The highest BCUT2D eigenvalue weighted by Crippen LogP contribution is 2.29. The van der Waals surface area contributed by atoms with Crippen molar-refractivity contribution in [3.05, 3.63) is 102 Å². The van der Waals surface area contributed by atoms with Gasteiger partial charge in [0.25, 0.3) is 0 Å². The number of nitrogens with one attached hydrogen (secondary N) is 2. The van der Waals surface area contributed by atoms with Gasteiger partial charge in [-0.15, -0.1) is 0 Å². The summed E-state index contributed by atoms with van der Waals surface area (Å²) in [6, 6.07) is 14.0. The number of morpholine rings is 1. The van der Waals surface area contributed by atoms with Crippen molar-refractivity contribution in [1.29, 1.82) is 0 Å². The number of aromatic amines is 1. The molecule has 5 heterocycles. The van der Waals surface area contributed by atoms with Gasteiger partial charge in [0.2, 0.25) is 0 Å². The molecule has 1 aromatic carbocycles. The Morgan fingerprint density at radius 3 is 2.64 bits per heavy atom. The van der Waals surface area contributed by atoms with Crippen molar-refractivity contribution in [1.82, 2.24) is 30.3 Å². The summed E-state index contributed by atoms with van der Waals surface area (Å²) in [6.45, 7) is 3.32. The number of allylic oxidation sites excluding steroid dienone is 2. The van der Waals surface area contributed by atoms with Gasteiger partial charge in [0.1, 0.15) is 17.8 Å². The lowest BCUT2D eigenvalue weighted by Gasteiger charge is -2.38. The minimum absolute atomic E-state index is 0.107. The number of ketones is 1. The maximum Gasteiger partial charge on any atom is 0.143 e. The maximum absolute atomic E-state index is 12.7. The topological polar surface area (TPSA) is 86.4 Å². The van der Waals surface area contributed by atoms with Gasteiger partial charge in [0, 0.05) is 55.8 Å². The summed E-state index contributed by atoms with van der Waals surface area (Å²) < 4.78 is 5.52. The molecule has 1 unspecified atom stereocenters. The van der Waals surface area contributed by atoms with Gasteiger partial charge in [-0.1, -0.05) is 30.3 Å². The van der Waals surface area contributed by atoms with Crippen molar-refractivity contribution in [2.45, 2.75) is 19.0 Å². The van der Waals surface area contributed by atoms with E-state index in [2.05, 4.69) is 66.9 Å². The molecule has 1 atom stereocenters. The summed E-state index contributed by atoms with van der Waals surface area (Å²) in [6.07, 6.45) is 12.9. The van der Waals surface area contributed by atoms with Crippen molar-refractivity contribution < 1.29 is 9.53 Å². The third kappa shape index (κ3) is 4.67. The highest BCUT2D eigenvalue weighted by atomic mass is 16.5. The Kier molecular flexibility index (Phi) is 6.09. The number of hydrogen-bond acceptors (Lipinski definition) is 7. The average molecular weight is 481 g/mol. The van der Waals surface area contributed by atoms with Crippen molar-refractivity contribution >= 4 is 11.5 Å². The molecule has 0 bridgehead atoms. The van der Waals surface area contributed by atoms with Crippen LogP contribution in [0.3, 0.4) is 0 Å². The van der Waals surface area contributed by atoms with Crippen LogP contribution in [-0.2, 0) is 22.4 Å². The molecule has 8 heteroatoms. The molecule has 182 valence electrons. The van der Waals surface area contributed by atoms with E-state index in [-0.39, 0.29) is 11.9 Å². The zero-order valence-electron chi connectivity index (χ0n) is 19.9. The van der Waals surface area contributed by atoms with E-state index < -0.39 is 0 Å². The standard InChI is InChI=1S/C28H28N6O2/c35-24(17-23-18-25(32-31-23)22-8-10-29-11-9-22)16-20-4-6-21(7-5-20)26-19-34-27(30-26)2-1-3-28(34)33-12-14-36-15-13-33/h1-11,18-19,27,30H,12-17H2,(H,31,32). The first-order valence-corrected chi connectivity index (χ1v) is 12.3. The number of aromatic nitrogens is 3. The predicted octanol–water partition coefficient (Wildman–Crippen LogP) is 3.10. The number of nitrogens with zero attached hydrogens (tertiary/aromatic N) is 4. The second-order valence-electron chi connectivity index (χ2n) is 9.15. The molecule has 0 radical (unpaired) electrons. The van der Waals surface area contributed by atoms with Crippen LogP contribution in [0.25, 0.3) is 17.0 Å². The molecule has 2 N–H and O–H groups in total. The summed E-state index contributed by atoms with van der Waals surface area (Å²) in [5.74, 6) is 1.34. The molecule has 1 saturated heterocycles. The summed E-state index contributed by atoms with van der Waals surface area (Å²) in [5, 5.41) is 10.9. The van der Waals surface area contributed by atoms with Crippen LogP contribution in [0.5, 0.6) is 0 Å². The Balaban J connectivity index is 1.09. The highest BCUT2D eigenvalue weighted by Gasteiger charge is 2.30. The van der Waals surface area contributed by atoms with Gasteiger partial charge in [-0.05, 0) is 41.5 Å². The molecule has 0 saturated carbocycles. The molecule has 36 heavy (non-hydrogen) atoms. The molecule has 0 spiro atoms. The average Bonchev–Trinajstić information content (AvgIpc) is 3.57. The second kappa shape index (κ2) is 9.83. The van der Waals surface area contributed by atoms with Gasteiger partial charge in [-0.2, -0.15) is 5.10 Å². The summed E-state index contributed by atoms with van der Waals surface area (Å²) in [4.78, 5) is 21.4. The fraction of sp³-hybridized carbons (Fsp3) is 0.250. The van der Waals surface area contributed by atoms with Crippen molar-refractivity contribution in [3.8, 4) is 11.3 Å². The van der Waals surface area contributed by atoms with E-state index in [4.69, 9.17) is 4.74 Å². The van der Waals surface area contributed by atoms with Gasteiger partial charge < -0.3 is 19.9 Å². The second-order valence-corrected chi connectivity index (χ2v) is 9.15. The predicted molar refractivity (Wildman–Crippen MR) is 137 cm³/mol. The third-order valence-electron chi connectivity index (χ3n) is 6.67.